The van der Waals surface area contributed by atoms with Crippen LogP contribution in [0, 0.1) is 0 Å². The van der Waals surface area contributed by atoms with Crippen molar-refractivity contribution in [1.82, 2.24) is 15.1 Å². The predicted octanol–water partition coefficient (Wildman–Crippen LogP) is 1.99. The topological polar surface area (TPSA) is 59.2 Å². The summed E-state index contributed by atoms with van der Waals surface area (Å²) in [5.74, 6) is 1.99. The lowest BCUT2D eigenvalue weighted by Gasteiger charge is -2.22. The molecule has 0 bridgehead atoms. The molecule has 3 fully saturated rings. The van der Waals surface area contributed by atoms with Crippen LogP contribution in [0.25, 0.3) is 0 Å². The summed E-state index contributed by atoms with van der Waals surface area (Å²) in [6.07, 6.45) is 7.53. The van der Waals surface area contributed by atoms with Gasteiger partial charge in [-0.3, -0.25) is 4.79 Å². The van der Waals surface area contributed by atoms with E-state index in [1.807, 2.05) is 4.90 Å². The molecule has 0 spiro atoms. The first-order valence-corrected chi connectivity index (χ1v) is 7.43. The summed E-state index contributed by atoms with van der Waals surface area (Å²) in [4.78, 5) is 14.6. The number of amides is 1. The number of nitrogens with zero attached hydrogens (tertiary/aromatic N) is 3. The van der Waals surface area contributed by atoms with Gasteiger partial charge in [-0.25, -0.2) is 0 Å². The third kappa shape index (κ3) is 1.70. The van der Waals surface area contributed by atoms with Crippen LogP contribution >= 0.6 is 0 Å². The quantitative estimate of drug-likeness (QED) is 0.835. The first kappa shape index (κ1) is 11.4. The van der Waals surface area contributed by atoms with E-state index in [2.05, 4.69) is 10.2 Å². The van der Waals surface area contributed by atoms with Crippen LogP contribution in [-0.4, -0.2) is 34.1 Å². The van der Waals surface area contributed by atoms with E-state index < -0.39 is 5.41 Å². The maximum Gasteiger partial charge on any atom is 0.238 e. The van der Waals surface area contributed by atoms with Crippen molar-refractivity contribution in [2.24, 2.45) is 0 Å². The Kier molecular flexibility index (Phi) is 2.44. The molecule has 2 aliphatic carbocycles. The molecule has 4 rings (SSSR count). The third-order valence-electron chi connectivity index (χ3n) is 4.86. The Hall–Kier alpha value is -1.39. The maximum atomic E-state index is 12.6. The molecule has 102 valence electrons. The highest BCUT2D eigenvalue weighted by molar-refractivity contribution is 5.90. The Labute approximate surface area is 112 Å². The van der Waals surface area contributed by atoms with Crippen molar-refractivity contribution in [3.63, 3.8) is 0 Å². The van der Waals surface area contributed by atoms with Gasteiger partial charge in [0.1, 0.15) is 5.41 Å². The highest BCUT2D eigenvalue weighted by Gasteiger charge is 2.57. The van der Waals surface area contributed by atoms with E-state index in [1.165, 1.54) is 6.42 Å². The average Bonchev–Trinajstić information content (AvgIpc) is 2.79. The van der Waals surface area contributed by atoms with Crippen LogP contribution in [-0.2, 0) is 10.2 Å². The molecule has 1 amide bonds. The zero-order valence-corrected chi connectivity index (χ0v) is 11.1. The molecule has 1 aromatic heterocycles. The van der Waals surface area contributed by atoms with E-state index in [1.54, 1.807) is 0 Å². The summed E-state index contributed by atoms with van der Waals surface area (Å²) in [5.41, 5.74) is -0.459. The predicted molar refractivity (Wildman–Crippen MR) is 67.6 cm³/mol. The van der Waals surface area contributed by atoms with Gasteiger partial charge in [-0.1, -0.05) is 6.42 Å². The van der Waals surface area contributed by atoms with Gasteiger partial charge in [0, 0.05) is 19.0 Å². The molecule has 1 aromatic rings. The molecule has 0 radical (unpaired) electrons. The van der Waals surface area contributed by atoms with Crippen molar-refractivity contribution in [1.29, 1.82) is 0 Å². The smallest absolute Gasteiger partial charge is 0.238 e. The molecule has 5 heteroatoms. The summed E-state index contributed by atoms with van der Waals surface area (Å²) in [6.45, 7) is 1.79. The van der Waals surface area contributed by atoms with Crippen LogP contribution in [0.1, 0.15) is 62.6 Å². The largest absolute Gasteiger partial charge is 0.424 e. The fourth-order valence-corrected chi connectivity index (χ4v) is 3.12. The van der Waals surface area contributed by atoms with Gasteiger partial charge < -0.3 is 9.32 Å². The third-order valence-corrected chi connectivity index (χ3v) is 4.86. The lowest BCUT2D eigenvalue weighted by Crippen LogP contribution is -2.37. The van der Waals surface area contributed by atoms with Crippen molar-refractivity contribution >= 4 is 5.91 Å². The van der Waals surface area contributed by atoms with E-state index in [9.17, 15) is 4.79 Å². The van der Waals surface area contributed by atoms with Crippen LogP contribution in [0.4, 0.5) is 0 Å². The zero-order valence-electron chi connectivity index (χ0n) is 11.1. The molecule has 2 saturated carbocycles. The van der Waals surface area contributed by atoms with Gasteiger partial charge in [0.25, 0.3) is 0 Å². The van der Waals surface area contributed by atoms with Gasteiger partial charge in [-0.05, 0) is 38.5 Å². The number of aromatic nitrogens is 2. The second-order valence-corrected chi connectivity index (χ2v) is 6.15. The van der Waals surface area contributed by atoms with Gasteiger partial charge >= 0.3 is 0 Å². The zero-order chi connectivity index (χ0) is 12.9. The molecule has 3 aliphatic rings. The highest BCUT2D eigenvalue weighted by atomic mass is 16.4. The average molecular weight is 261 g/mol. The SMILES string of the molecule is O=C(N1CCCC1)C1(c2nnc(C3CCC3)o2)CC1. The number of rotatable bonds is 3. The minimum absolute atomic E-state index is 0.216. The minimum Gasteiger partial charge on any atom is -0.424 e. The van der Waals surface area contributed by atoms with E-state index in [0.29, 0.717) is 11.8 Å². The molecule has 19 heavy (non-hydrogen) atoms. The molecule has 0 N–H and O–H groups in total. The summed E-state index contributed by atoms with van der Waals surface area (Å²) in [5, 5.41) is 8.35. The van der Waals surface area contributed by atoms with Gasteiger partial charge in [-0.2, -0.15) is 0 Å². The number of hydrogen-bond donors (Lipinski definition) is 0. The summed E-state index contributed by atoms with van der Waals surface area (Å²) < 4.78 is 5.83. The van der Waals surface area contributed by atoms with Crippen LogP contribution in [0.2, 0.25) is 0 Å². The van der Waals surface area contributed by atoms with Gasteiger partial charge in [0.15, 0.2) is 0 Å². The van der Waals surface area contributed by atoms with Crippen molar-refractivity contribution in [3.05, 3.63) is 11.8 Å². The first-order valence-electron chi connectivity index (χ1n) is 7.43. The summed E-state index contributed by atoms with van der Waals surface area (Å²) in [6, 6.07) is 0. The number of hydrogen-bond acceptors (Lipinski definition) is 4. The van der Waals surface area contributed by atoms with Crippen molar-refractivity contribution < 1.29 is 9.21 Å². The minimum atomic E-state index is -0.459. The number of carbonyl (C=O) groups excluding carboxylic acids is 1. The van der Waals surface area contributed by atoms with Gasteiger partial charge in [0.2, 0.25) is 17.7 Å². The molecular weight excluding hydrogens is 242 g/mol. The first-order chi connectivity index (χ1) is 9.29. The summed E-state index contributed by atoms with van der Waals surface area (Å²) >= 11 is 0. The summed E-state index contributed by atoms with van der Waals surface area (Å²) in [7, 11) is 0. The second kappa shape index (κ2) is 4.05. The van der Waals surface area contributed by atoms with E-state index in [4.69, 9.17) is 4.42 Å². The normalized spacial score (nSPS) is 25.4. The lowest BCUT2D eigenvalue weighted by atomic mass is 9.85. The Balaban J connectivity index is 1.56. The Morgan fingerprint density at radius 2 is 1.89 bits per heavy atom. The van der Waals surface area contributed by atoms with Crippen LogP contribution < -0.4 is 0 Å². The lowest BCUT2D eigenvalue weighted by molar-refractivity contribution is -0.133. The monoisotopic (exact) mass is 261 g/mol. The van der Waals surface area contributed by atoms with Crippen LogP contribution in [0.3, 0.4) is 0 Å². The Morgan fingerprint density at radius 1 is 1.16 bits per heavy atom. The van der Waals surface area contributed by atoms with E-state index >= 15 is 0 Å². The Bertz CT molecular complexity index is 497. The number of carbonyl (C=O) groups is 1. The molecule has 5 nitrogen and oxygen atoms in total. The molecule has 1 saturated heterocycles. The van der Waals surface area contributed by atoms with Gasteiger partial charge in [-0.15, -0.1) is 10.2 Å². The van der Waals surface area contributed by atoms with E-state index in [-0.39, 0.29) is 5.91 Å². The van der Waals surface area contributed by atoms with Crippen molar-refractivity contribution in [2.75, 3.05) is 13.1 Å². The van der Waals surface area contributed by atoms with Crippen LogP contribution in [0.15, 0.2) is 4.42 Å². The van der Waals surface area contributed by atoms with Crippen molar-refractivity contribution in [2.45, 2.75) is 56.3 Å². The molecule has 0 aromatic carbocycles. The standard InChI is InChI=1S/C14H19N3O2/c18-13(17-8-1-2-9-17)14(6-7-14)12-16-15-11(19-12)10-4-3-5-10/h10H,1-9H2. The van der Waals surface area contributed by atoms with E-state index in [0.717, 1.165) is 57.5 Å². The molecule has 0 atom stereocenters. The Morgan fingerprint density at radius 3 is 2.47 bits per heavy atom. The fraction of sp³-hybridized carbons (Fsp3) is 0.786. The maximum absolute atomic E-state index is 12.6. The molecular formula is C14H19N3O2. The molecule has 0 unspecified atom stereocenters. The second-order valence-electron chi connectivity index (χ2n) is 6.15. The highest BCUT2D eigenvalue weighted by Crippen LogP contribution is 2.50. The molecule has 2 heterocycles. The number of likely N-dealkylation sites (tertiary alicyclic amines) is 1. The fourth-order valence-electron chi connectivity index (χ4n) is 3.12. The van der Waals surface area contributed by atoms with Gasteiger partial charge in [0.05, 0.1) is 0 Å². The van der Waals surface area contributed by atoms with Crippen LogP contribution in [0.5, 0.6) is 0 Å². The van der Waals surface area contributed by atoms with Crippen molar-refractivity contribution in [3.8, 4) is 0 Å². The molecule has 1 aliphatic heterocycles.